The third-order valence-corrected chi connectivity index (χ3v) is 5.44. The zero-order valence-corrected chi connectivity index (χ0v) is 14.4. The summed E-state index contributed by atoms with van der Waals surface area (Å²) in [6.07, 6.45) is 0.0576. The first-order valence-corrected chi connectivity index (χ1v) is 9.33. The Morgan fingerprint density at radius 3 is 2.62 bits per heavy atom. The zero-order chi connectivity index (χ0) is 17.2. The lowest BCUT2D eigenvalue weighted by molar-refractivity contribution is 0.115. The fraction of sp³-hybridized carbons (Fsp3) is 0.333. The lowest BCUT2D eigenvalue weighted by Crippen LogP contribution is -2.34. The molecule has 0 amide bonds. The standard InChI is InChI=1S/C18H21NO4S/c1-14-6-8-17(9-7-14)24(21,22)23-13-16(20)12-19-11-10-15-4-2-3-5-18(15)19/h2-9,16,20H,10-13H2,1H3. The van der Waals surface area contributed by atoms with Gasteiger partial charge < -0.3 is 10.0 Å². The molecule has 0 saturated carbocycles. The lowest BCUT2D eigenvalue weighted by Gasteiger charge is -2.22. The van der Waals surface area contributed by atoms with Gasteiger partial charge in [0.1, 0.15) is 0 Å². The summed E-state index contributed by atoms with van der Waals surface area (Å²) >= 11 is 0. The molecule has 6 heteroatoms. The lowest BCUT2D eigenvalue weighted by atomic mass is 10.2. The van der Waals surface area contributed by atoms with Crippen molar-refractivity contribution in [2.75, 3.05) is 24.6 Å². The van der Waals surface area contributed by atoms with Gasteiger partial charge in [0.05, 0.1) is 17.6 Å². The van der Waals surface area contributed by atoms with Gasteiger partial charge in [-0.05, 0) is 37.1 Å². The van der Waals surface area contributed by atoms with Crippen molar-refractivity contribution < 1.29 is 17.7 Å². The van der Waals surface area contributed by atoms with Gasteiger partial charge in [-0.2, -0.15) is 8.42 Å². The van der Waals surface area contributed by atoms with Gasteiger partial charge in [0, 0.05) is 18.8 Å². The minimum Gasteiger partial charge on any atom is -0.389 e. The van der Waals surface area contributed by atoms with E-state index in [0.717, 1.165) is 24.2 Å². The number of nitrogens with zero attached hydrogens (tertiary/aromatic N) is 1. The van der Waals surface area contributed by atoms with Crippen molar-refractivity contribution in [2.45, 2.75) is 24.3 Å². The highest BCUT2D eigenvalue weighted by Crippen LogP contribution is 2.27. The summed E-state index contributed by atoms with van der Waals surface area (Å²) in [7, 11) is -3.84. The summed E-state index contributed by atoms with van der Waals surface area (Å²) in [6.45, 7) is 2.80. The fourth-order valence-corrected chi connectivity index (χ4v) is 3.79. The second-order valence-electron chi connectivity index (χ2n) is 6.03. The summed E-state index contributed by atoms with van der Waals surface area (Å²) in [5.41, 5.74) is 3.32. The number of para-hydroxylation sites is 1. The largest absolute Gasteiger partial charge is 0.389 e. The summed E-state index contributed by atoms with van der Waals surface area (Å²) < 4.78 is 29.3. The first kappa shape index (κ1) is 17.0. The average molecular weight is 347 g/mol. The molecule has 3 rings (SSSR count). The molecule has 0 radical (unpaired) electrons. The van der Waals surface area contributed by atoms with Crippen molar-refractivity contribution in [3.63, 3.8) is 0 Å². The van der Waals surface area contributed by atoms with Crippen LogP contribution in [0.1, 0.15) is 11.1 Å². The van der Waals surface area contributed by atoms with Gasteiger partial charge in [-0.3, -0.25) is 4.18 Å². The van der Waals surface area contributed by atoms with Crippen molar-refractivity contribution in [3.8, 4) is 0 Å². The molecule has 1 atom stereocenters. The zero-order valence-electron chi connectivity index (χ0n) is 13.6. The van der Waals surface area contributed by atoms with E-state index in [1.165, 1.54) is 17.7 Å². The Bertz CT molecular complexity index is 802. The SMILES string of the molecule is Cc1ccc(S(=O)(=O)OCC(O)CN2CCc3ccccc32)cc1. The smallest absolute Gasteiger partial charge is 0.297 e. The van der Waals surface area contributed by atoms with E-state index >= 15 is 0 Å². The van der Waals surface area contributed by atoms with Crippen LogP contribution in [0.25, 0.3) is 0 Å². The van der Waals surface area contributed by atoms with Crippen molar-refractivity contribution >= 4 is 15.8 Å². The van der Waals surface area contributed by atoms with Crippen LogP contribution in [0.5, 0.6) is 0 Å². The van der Waals surface area contributed by atoms with Gasteiger partial charge in [0.15, 0.2) is 0 Å². The van der Waals surface area contributed by atoms with E-state index in [1.54, 1.807) is 12.1 Å². The molecule has 1 aliphatic rings. The van der Waals surface area contributed by atoms with Crippen molar-refractivity contribution in [1.29, 1.82) is 0 Å². The molecule has 0 bridgehead atoms. The molecule has 1 aliphatic heterocycles. The first-order chi connectivity index (χ1) is 11.5. The maximum Gasteiger partial charge on any atom is 0.297 e. The van der Waals surface area contributed by atoms with Gasteiger partial charge in [0.25, 0.3) is 10.1 Å². The predicted molar refractivity (Wildman–Crippen MR) is 92.7 cm³/mol. The Kier molecular flexibility index (Phi) is 4.89. The molecule has 0 saturated heterocycles. The minimum absolute atomic E-state index is 0.104. The van der Waals surface area contributed by atoms with E-state index in [4.69, 9.17) is 4.18 Å². The van der Waals surface area contributed by atoms with E-state index in [9.17, 15) is 13.5 Å². The van der Waals surface area contributed by atoms with E-state index in [-0.39, 0.29) is 11.5 Å². The molecule has 1 heterocycles. The second kappa shape index (κ2) is 6.93. The summed E-state index contributed by atoms with van der Waals surface area (Å²) in [6, 6.07) is 14.5. The molecule has 24 heavy (non-hydrogen) atoms. The molecule has 5 nitrogen and oxygen atoms in total. The molecule has 2 aromatic carbocycles. The predicted octanol–water partition coefficient (Wildman–Crippen LogP) is 2.12. The number of hydrogen-bond donors (Lipinski definition) is 1. The summed E-state index contributed by atoms with van der Waals surface area (Å²) in [5.74, 6) is 0. The number of β-amino-alcohol motifs (C(OH)–C–C–N with tert-alkyl or cyclic N) is 1. The highest BCUT2D eigenvalue weighted by molar-refractivity contribution is 7.86. The first-order valence-electron chi connectivity index (χ1n) is 7.93. The molecule has 1 N–H and O–H groups in total. The van der Waals surface area contributed by atoms with E-state index < -0.39 is 16.2 Å². The van der Waals surface area contributed by atoms with Crippen LogP contribution in [0.2, 0.25) is 0 Å². The molecule has 0 aliphatic carbocycles. The molecule has 2 aromatic rings. The maximum absolute atomic E-state index is 12.1. The Morgan fingerprint density at radius 1 is 1.17 bits per heavy atom. The highest BCUT2D eigenvalue weighted by atomic mass is 32.2. The van der Waals surface area contributed by atoms with Crippen LogP contribution in [0.3, 0.4) is 0 Å². The summed E-state index contributed by atoms with van der Waals surface area (Å²) in [4.78, 5) is 2.16. The van der Waals surface area contributed by atoms with E-state index in [0.29, 0.717) is 6.54 Å². The minimum atomic E-state index is -3.84. The van der Waals surface area contributed by atoms with Gasteiger partial charge >= 0.3 is 0 Å². The van der Waals surface area contributed by atoms with Gasteiger partial charge in [-0.1, -0.05) is 35.9 Å². The monoisotopic (exact) mass is 347 g/mol. The third-order valence-electron chi connectivity index (χ3n) is 4.14. The van der Waals surface area contributed by atoms with Crippen LogP contribution in [-0.4, -0.2) is 39.3 Å². The Hall–Kier alpha value is -1.89. The number of hydrogen-bond acceptors (Lipinski definition) is 5. The molecule has 0 fully saturated rings. The van der Waals surface area contributed by atoms with Gasteiger partial charge in [-0.25, -0.2) is 0 Å². The average Bonchev–Trinajstić information content (AvgIpc) is 2.97. The third kappa shape index (κ3) is 3.77. The molecular weight excluding hydrogens is 326 g/mol. The van der Waals surface area contributed by atoms with E-state index in [1.807, 2.05) is 25.1 Å². The fourth-order valence-electron chi connectivity index (χ4n) is 2.84. The molecule has 128 valence electrons. The van der Waals surface area contributed by atoms with Crippen LogP contribution in [-0.2, 0) is 20.7 Å². The molecular formula is C18H21NO4S. The number of aliphatic hydroxyl groups is 1. The Labute approximate surface area is 142 Å². The normalized spacial score (nSPS) is 15.3. The van der Waals surface area contributed by atoms with Crippen LogP contribution >= 0.6 is 0 Å². The Balaban J connectivity index is 1.58. The summed E-state index contributed by atoms with van der Waals surface area (Å²) in [5, 5.41) is 10.2. The van der Waals surface area contributed by atoms with Gasteiger partial charge in [0.2, 0.25) is 0 Å². The number of aryl methyl sites for hydroxylation is 1. The van der Waals surface area contributed by atoms with Crippen LogP contribution in [0, 0.1) is 6.92 Å². The molecule has 0 aromatic heterocycles. The number of rotatable bonds is 6. The van der Waals surface area contributed by atoms with Crippen LogP contribution < -0.4 is 4.90 Å². The highest BCUT2D eigenvalue weighted by Gasteiger charge is 2.23. The maximum atomic E-state index is 12.1. The quantitative estimate of drug-likeness (QED) is 0.811. The topological polar surface area (TPSA) is 66.8 Å². The van der Waals surface area contributed by atoms with Crippen LogP contribution in [0.15, 0.2) is 53.4 Å². The van der Waals surface area contributed by atoms with Crippen molar-refractivity contribution in [3.05, 3.63) is 59.7 Å². The molecule has 1 unspecified atom stereocenters. The Morgan fingerprint density at radius 2 is 1.88 bits per heavy atom. The number of fused-ring (bicyclic) bond motifs is 1. The van der Waals surface area contributed by atoms with Crippen LogP contribution in [0.4, 0.5) is 5.69 Å². The second-order valence-corrected chi connectivity index (χ2v) is 7.65. The van der Waals surface area contributed by atoms with E-state index in [2.05, 4.69) is 11.0 Å². The van der Waals surface area contributed by atoms with Gasteiger partial charge in [-0.15, -0.1) is 0 Å². The number of anilines is 1. The number of benzene rings is 2. The van der Waals surface area contributed by atoms with Crippen molar-refractivity contribution in [2.24, 2.45) is 0 Å². The molecule has 0 spiro atoms. The number of aliphatic hydroxyl groups excluding tert-OH is 1. The van der Waals surface area contributed by atoms with Crippen molar-refractivity contribution in [1.82, 2.24) is 0 Å².